The van der Waals surface area contributed by atoms with Crippen molar-refractivity contribution in [2.24, 2.45) is 11.7 Å². The van der Waals surface area contributed by atoms with Crippen LogP contribution in [0, 0.1) is 23.1 Å². The van der Waals surface area contributed by atoms with Crippen LogP contribution in [0.3, 0.4) is 0 Å². The summed E-state index contributed by atoms with van der Waals surface area (Å²) in [4.78, 5) is 27.0. The van der Waals surface area contributed by atoms with E-state index in [-0.39, 0.29) is 16.3 Å². The molecule has 1 aromatic carbocycles. The zero-order chi connectivity index (χ0) is 18.4. The second-order valence-electron chi connectivity index (χ2n) is 5.94. The van der Waals surface area contributed by atoms with Crippen LogP contribution in [0.15, 0.2) is 57.7 Å². The number of hydrogen-bond donors (Lipinski definition) is 1. The molecule has 2 aliphatic heterocycles. The normalized spacial score (nSPS) is 25.4. The second-order valence-corrected chi connectivity index (χ2v) is 7.12. The molecule has 8 heteroatoms. The maximum absolute atomic E-state index is 13.2. The summed E-state index contributed by atoms with van der Waals surface area (Å²) < 4.78 is 18.6. The molecule has 26 heavy (non-hydrogen) atoms. The highest BCUT2D eigenvalue weighted by Gasteiger charge is 2.56. The molecule has 3 heterocycles. The highest BCUT2D eigenvalue weighted by molar-refractivity contribution is 8.04. The number of amides is 2. The number of fused-ring (bicyclic) bond motifs is 1. The van der Waals surface area contributed by atoms with Crippen molar-refractivity contribution in [3.05, 3.63) is 64.8 Å². The monoisotopic (exact) mass is 369 g/mol. The van der Waals surface area contributed by atoms with Gasteiger partial charge in [-0.15, -0.1) is 0 Å². The van der Waals surface area contributed by atoms with Crippen LogP contribution in [0.4, 0.5) is 10.1 Å². The van der Waals surface area contributed by atoms with E-state index < -0.39 is 34.7 Å². The first-order valence-electron chi connectivity index (χ1n) is 7.76. The molecule has 0 aliphatic carbocycles. The van der Waals surface area contributed by atoms with Crippen molar-refractivity contribution in [3.8, 4) is 6.07 Å². The van der Waals surface area contributed by atoms with Gasteiger partial charge in [-0.25, -0.2) is 9.29 Å². The number of furan rings is 1. The maximum Gasteiger partial charge on any atom is 0.248 e. The summed E-state index contributed by atoms with van der Waals surface area (Å²) in [7, 11) is 0. The van der Waals surface area contributed by atoms with Gasteiger partial charge >= 0.3 is 0 Å². The fraction of sp³-hybridized carbons (Fsp3) is 0.167. The van der Waals surface area contributed by atoms with Gasteiger partial charge in [-0.05, 0) is 36.4 Å². The standard InChI is InChI=1S/C18H12FN3O3S/c19-9-3-5-10(6-4-9)22-17(23)14-13(12-2-1-7-25-12)11(8-20)16(21)26-15(14)18(22)24/h1-7,13-15H,21H2/t13-,14+,15+/m1/s1. The van der Waals surface area contributed by atoms with E-state index in [1.807, 2.05) is 6.07 Å². The third-order valence-corrected chi connectivity index (χ3v) is 5.76. The SMILES string of the molecule is N#CC1=C(N)S[C@@H]2C(=O)N(c3ccc(F)cc3)C(=O)[C@H]2[C@H]1c1ccco1. The number of imide groups is 1. The summed E-state index contributed by atoms with van der Waals surface area (Å²) in [5.41, 5.74) is 6.50. The molecule has 1 aromatic heterocycles. The minimum Gasteiger partial charge on any atom is -0.469 e. The van der Waals surface area contributed by atoms with Crippen molar-refractivity contribution in [2.45, 2.75) is 11.2 Å². The van der Waals surface area contributed by atoms with Crippen LogP contribution >= 0.6 is 11.8 Å². The van der Waals surface area contributed by atoms with Gasteiger partial charge in [0.25, 0.3) is 0 Å². The Morgan fingerprint density at radius 2 is 1.92 bits per heavy atom. The number of thioether (sulfide) groups is 1. The number of allylic oxidation sites excluding steroid dienone is 1. The average Bonchev–Trinajstić information content (AvgIpc) is 3.23. The molecule has 2 aliphatic rings. The van der Waals surface area contributed by atoms with E-state index in [2.05, 4.69) is 0 Å². The third-order valence-electron chi connectivity index (χ3n) is 4.54. The van der Waals surface area contributed by atoms with Crippen molar-refractivity contribution in [1.82, 2.24) is 0 Å². The lowest BCUT2D eigenvalue weighted by molar-refractivity contribution is -0.122. The van der Waals surface area contributed by atoms with Crippen molar-refractivity contribution < 1.29 is 18.4 Å². The minimum atomic E-state index is -0.814. The largest absolute Gasteiger partial charge is 0.469 e. The Balaban J connectivity index is 1.82. The highest BCUT2D eigenvalue weighted by Crippen LogP contribution is 2.50. The molecule has 2 amide bonds. The van der Waals surface area contributed by atoms with E-state index in [9.17, 15) is 19.2 Å². The summed E-state index contributed by atoms with van der Waals surface area (Å²) in [6, 6.07) is 10.5. The topological polar surface area (TPSA) is 100 Å². The Hall–Kier alpha value is -3.05. The predicted molar refractivity (Wildman–Crippen MR) is 92.0 cm³/mol. The number of nitriles is 1. The smallest absolute Gasteiger partial charge is 0.248 e. The molecule has 0 unspecified atom stereocenters. The van der Waals surface area contributed by atoms with Gasteiger partial charge in [0.05, 0.1) is 40.5 Å². The molecule has 1 saturated heterocycles. The first-order valence-corrected chi connectivity index (χ1v) is 8.64. The molecule has 0 bridgehead atoms. The average molecular weight is 369 g/mol. The van der Waals surface area contributed by atoms with Crippen LogP contribution in [0.2, 0.25) is 0 Å². The van der Waals surface area contributed by atoms with E-state index in [4.69, 9.17) is 10.2 Å². The lowest BCUT2D eigenvalue weighted by Crippen LogP contribution is -2.33. The van der Waals surface area contributed by atoms with Gasteiger partial charge in [0.15, 0.2) is 0 Å². The molecular weight excluding hydrogens is 357 g/mol. The number of halogens is 1. The van der Waals surface area contributed by atoms with Gasteiger partial charge in [0.2, 0.25) is 11.8 Å². The number of nitrogens with zero attached hydrogens (tertiary/aromatic N) is 2. The van der Waals surface area contributed by atoms with Crippen molar-refractivity contribution in [2.75, 3.05) is 4.90 Å². The van der Waals surface area contributed by atoms with E-state index in [0.29, 0.717) is 5.76 Å². The zero-order valence-corrected chi connectivity index (χ0v) is 14.1. The van der Waals surface area contributed by atoms with Gasteiger partial charge in [-0.1, -0.05) is 11.8 Å². The number of nitrogens with two attached hydrogens (primary N) is 1. The van der Waals surface area contributed by atoms with E-state index >= 15 is 0 Å². The number of anilines is 1. The maximum atomic E-state index is 13.2. The van der Waals surface area contributed by atoms with E-state index in [0.717, 1.165) is 16.7 Å². The van der Waals surface area contributed by atoms with Gasteiger partial charge in [-0.3, -0.25) is 9.59 Å². The molecule has 2 aromatic rings. The highest BCUT2D eigenvalue weighted by atomic mass is 32.2. The van der Waals surface area contributed by atoms with Crippen molar-refractivity contribution in [1.29, 1.82) is 5.26 Å². The molecule has 0 saturated carbocycles. The van der Waals surface area contributed by atoms with Crippen LogP contribution < -0.4 is 10.6 Å². The van der Waals surface area contributed by atoms with Crippen LogP contribution in [-0.2, 0) is 9.59 Å². The number of carbonyl (C=O) groups excluding carboxylic acids is 2. The zero-order valence-electron chi connectivity index (χ0n) is 13.3. The second kappa shape index (κ2) is 6.04. The summed E-state index contributed by atoms with van der Waals surface area (Å²) in [6.07, 6.45) is 1.44. The fourth-order valence-corrected chi connectivity index (χ4v) is 4.60. The first-order chi connectivity index (χ1) is 12.5. The predicted octanol–water partition coefficient (Wildman–Crippen LogP) is 2.50. The van der Waals surface area contributed by atoms with Crippen LogP contribution in [-0.4, -0.2) is 17.1 Å². The number of hydrogen-bond acceptors (Lipinski definition) is 6. The molecule has 4 rings (SSSR count). The van der Waals surface area contributed by atoms with Crippen molar-refractivity contribution >= 4 is 29.3 Å². The number of carbonyl (C=O) groups is 2. The summed E-state index contributed by atoms with van der Waals surface area (Å²) in [5.74, 6) is -2.50. The Kier molecular flexibility index (Phi) is 3.81. The molecule has 2 N–H and O–H groups in total. The van der Waals surface area contributed by atoms with Crippen LogP contribution in [0.1, 0.15) is 11.7 Å². The summed E-state index contributed by atoms with van der Waals surface area (Å²) >= 11 is 1.01. The summed E-state index contributed by atoms with van der Waals surface area (Å²) in [6.45, 7) is 0. The molecule has 3 atom stereocenters. The van der Waals surface area contributed by atoms with Crippen LogP contribution in [0.25, 0.3) is 0 Å². The molecular formula is C18H12FN3O3S. The van der Waals surface area contributed by atoms with Gasteiger partial charge in [0.1, 0.15) is 16.8 Å². The molecule has 130 valence electrons. The lowest BCUT2D eigenvalue weighted by Gasteiger charge is -2.28. The number of benzene rings is 1. The molecule has 1 fully saturated rings. The third kappa shape index (κ3) is 2.32. The first kappa shape index (κ1) is 16.4. The quantitative estimate of drug-likeness (QED) is 0.817. The van der Waals surface area contributed by atoms with E-state index in [1.165, 1.54) is 30.5 Å². The van der Waals surface area contributed by atoms with Crippen LogP contribution in [0.5, 0.6) is 0 Å². The Morgan fingerprint density at radius 1 is 1.19 bits per heavy atom. The Labute approximate surface area is 152 Å². The Bertz CT molecular complexity index is 963. The number of rotatable bonds is 2. The lowest BCUT2D eigenvalue weighted by atomic mass is 9.82. The minimum absolute atomic E-state index is 0.206. The molecule has 0 spiro atoms. The van der Waals surface area contributed by atoms with Gasteiger partial charge in [0, 0.05) is 0 Å². The fourth-order valence-electron chi connectivity index (χ4n) is 3.40. The summed E-state index contributed by atoms with van der Waals surface area (Å²) in [5, 5.41) is 8.96. The van der Waals surface area contributed by atoms with E-state index in [1.54, 1.807) is 12.1 Å². The molecule has 6 nitrogen and oxygen atoms in total. The molecule has 0 radical (unpaired) electrons. The van der Waals surface area contributed by atoms with Gasteiger partial charge in [-0.2, -0.15) is 5.26 Å². The van der Waals surface area contributed by atoms with Gasteiger partial charge < -0.3 is 10.2 Å². The van der Waals surface area contributed by atoms with Crippen molar-refractivity contribution in [3.63, 3.8) is 0 Å². The Morgan fingerprint density at radius 3 is 2.54 bits per heavy atom.